The number of aromatic amines is 1. The summed E-state index contributed by atoms with van der Waals surface area (Å²) in [5.74, 6) is 2.34. The van der Waals surface area contributed by atoms with Gasteiger partial charge in [-0.1, -0.05) is 24.3 Å². The van der Waals surface area contributed by atoms with E-state index in [1.54, 1.807) is 0 Å². The van der Waals surface area contributed by atoms with Gasteiger partial charge in [0.25, 0.3) is 0 Å². The number of nitrogens with zero attached hydrogens (tertiary/aromatic N) is 2. The van der Waals surface area contributed by atoms with Crippen molar-refractivity contribution >= 4 is 12.4 Å². The molecule has 2 N–H and O–H groups in total. The predicted molar refractivity (Wildman–Crippen MR) is 78.6 cm³/mol. The van der Waals surface area contributed by atoms with Crippen LogP contribution in [0.25, 0.3) is 11.4 Å². The molecule has 102 valence electrons. The van der Waals surface area contributed by atoms with E-state index in [0.717, 1.165) is 30.3 Å². The van der Waals surface area contributed by atoms with E-state index >= 15 is 0 Å². The lowest BCUT2D eigenvalue weighted by Crippen LogP contribution is -2.26. The number of piperidine rings is 1. The summed E-state index contributed by atoms with van der Waals surface area (Å²) in [6, 6.07) is 8.69. The highest BCUT2D eigenvalue weighted by atomic mass is 35.5. The van der Waals surface area contributed by atoms with E-state index in [4.69, 9.17) is 0 Å². The molecule has 2 heterocycles. The minimum absolute atomic E-state index is 0. The van der Waals surface area contributed by atoms with Gasteiger partial charge in [0.05, 0.1) is 0 Å². The van der Waals surface area contributed by atoms with Crippen LogP contribution in [0.1, 0.15) is 30.1 Å². The summed E-state index contributed by atoms with van der Waals surface area (Å²) in [6.07, 6.45) is 2.47. The molecular formula is C14H19ClN4. The van der Waals surface area contributed by atoms with E-state index in [0.29, 0.717) is 5.92 Å². The average Bonchev–Trinajstić information content (AvgIpc) is 2.87. The fourth-order valence-electron chi connectivity index (χ4n) is 2.53. The summed E-state index contributed by atoms with van der Waals surface area (Å²) in [4.78, 5) is 4.35. The minimum Gasteiger partial charge on any atom is -0.317 e. The average molecular weight is 279 g/mol. The maximum absolute atomic E-state index is 4.35. The Hall–Kier alpha value is -1.39. The summed E-state index contributed by atoms with van der Waals surface area (Å²) < 4.78 is 0. The van der Waals surface area contributed by atoms with Crippen LogP contribution in [0.2, 0.25) is 0 Å². The van der Waals surface area contributed by atoms with Crippen molar-refractivity contribution in [3.05, 3.63) is 35.7 Å². The van der Waals surface area contributed by atoms with Crippen LogP contribution < -0.4 is 5.32 Å². The fraction of sp³-hybridized carbons (Fsp3) is 0.429. The molecular weight excluding hydrogens is 260 g/mol. The van der Waals surface area contributed by atoms with Crippen molar-refractivity contribution in [2.24, 2.45) is 0 Å². The van der Waals surface area contributed by atoms with Gasteiger partial charge in [-0.3, -0.25) is 5.10 Å². The molecule has 1 aliphatic heterocycles. The van der Waals surface area contributed by atoms with Crippen LogP contribution >= 0.6 is 12.4 Å². The Bertz CT molecular complexity index is 514. The van der Waals surface area contributed by atoms with E-state index in [1.807, 2.05) is 6.92 Å². The van der Waals surface area contributed by atoms with Crippen LogP contribution in [0, 0.1) is 6.92 Å². The van der Waals surface area contributed by atoms with Gasteiger partial charge in [-0.05, 0) is 44.3 Å². The molecule has 1 saturated heterocycles. The number of rotatable bonds is 2. The Labute approximate surface area is 119 Å². The van der Waals surface area contributed by atoms with Crippen molar-refractivity contribution in [2.75, 3.05) is 13.1 Å². The molecule has 5 heteroatoms. The Morgan fingerprint density at radius 2 is 1.79 bits per heavy atom. The molecule has 0 spiro atoms. The van der Waals surface area contributed by atoms with Crippen molar-refractivity contribution < 1.29 is 0 Å². The second-order valence-corrected chi connectivity index (χ2v) is 4.89. The fourth-order valence-corrected chi connectivity index (χ4v) is 2.53. The van der Waals surface area contributed by atoms with Gasteiger partial charge in [0.15, 0.2) is 5.82 Å². The lowest BCUT2D eigenvalue weighted by Gasteiger charge is -2.22. The summed E-state index contributed by atoms with van der Waals surface area (Å²) >= 11 is 0. The standard InChI is InChI=1S/C14H18N4.ClH/c1-10-16-14(18-17-10)13-4-2-11(3-5-13)12-6-8-15-9-7-12;/h2-5,12,15H,6-9H2,1H3,(H,16,17,18);1H. The van der Waals surface area contributed by atoms with Gasteiger partial charge >= 0.3 is 0 Å². The summed E-state index contributed by atoms with van der Waals surface area (Å²) in [6.45, 7) is 4.18. The van der Waals surface area contributed by atoms with Crippen molar-refractivity contribution in [1.82, 2.24) is 20.5 Å². The molecule has 19 heavy (non-hydrogen) atoms. The van der Waals surface area contributed by atoms with Crippen molar-refractivity contribution in [2.45, 2.75) is 25.7 Å². The first-order valence-corrected chi connectivity index (χ1v) is 6.53. The monoisotopic (exact) mass is 278 g/mol. The summed E-state index contributed by atoms with van der Waals surface area (Å²) in [5, 5.41) is 10.5. The minimum atomic E-state index is 0. The molecule has 0 radical (unpaired) electrons. The number of nitrogens with one attached hydrogen (secondary N) is 2. The first-order valence-electron chi connectivity index (χ1n) is 6.53. The molecule has 2 aromatic rings. The lowest BCUT2D eigenvalue weighted by atomic mass is 9.90. The predicted octanol–water partition coefficient (Wildman–Crippen LogP) is 2.67. The lowest BCUT2D eigenvalue weighted by molar-refractivity contribution is 0.460. The zero-order valence-corrected chi connectivity index (χ0v) is 11.8. The van der Waals surface area contributed by atoms with Crippen LogP contribution in [0.15, 0.2) is 24.3 Å². The molecule has 4 nitrogen and oxygen atoms in total. The van der Waals surface area contributed by atoms with E-state index in [-0.39, 0.29) is 12.4 Å². The zero-order chi connectivity index (χ0) is 12.4. The highest BCUT2D eigenvalue weighted by molar-refractivity contribution is 5.85. The topological polar surface area (TPSA) is 53.6 Å². The molecule has 0 aliphatic carbocycles. The first kappa shape index (κ1) is 14.0. The molecule has 1 aliphatic rings. The third-order valence-corrected chi connectivity index (χ3v) is 3.58. The molecule has 0 amide bonds. The van der Waals surface area contributed by atoms with E-state index in [9.17, 15) is 0 Å². The molecule has 0 bridgehead atoms. The number of aromatic nitrogens is 3. The van der Waals surface area contributed by atoms with Crippen molar-refractivity contribution in [1.29, 1.82) is 0 Å². The van der Waals surface area contributed by atoms with Gasteiger partial charge in [0.2, 0.25) is 0 Å². The van der Waals surface area contributed by atoms with Gasteiger partial charge in [0, 0.05) is 5.56 Å². The van der Waals surface area contributed by atoms with Crippen molar-refractivity contribution in [3.8, 4) is 11.4 Å². The van der Waals surface area contributed by atoms with E-state index < -0.39 is 0 Å². The maximum Gasteiger partial charge on any atom is 0.181 e. The Morgan fingerprint density at radius 3 is 2.37 bits per heavy atom. The van der Waals surface area contributed by atoms with Gasteiger partial charge in [-0.2, -0.15) is 5.10 Å². The van der Waals surface area contributed by atoms with Crippen LogP contribution in [-0.4, -0.2) is 28.3 Å². The van der Waals surface area contributed by atoms with E-state index in [2.05, 4.69) is 44.8 Å². The van der Waals surface area contributed by atoms with Gasteiger partial charge in [-0.15, -0.1) is 12.4 Å². The smallest absolute Gasteiger partial charge is 0.181 e. The highest BCUT2D eigenvalue weighted by Crippen LogP contribution is 2.26. The number of hydrogen-bond acceptors (Lipinski definition) is 3. The Balaban J connectivity index is 0.00000133. The molecule has 1 fully saturated rings. The van der Waals surface area contributed by atoms with Gasteiger partial charge in [-0.25, -0.2) is 4.98 Å². The van der Waals surface area contributed by atoms with Crippen LogP contribution in [-0.2, 0) is 0 Å². The van der Waals surface area contributed by atoms with Crippen LogP contribution in [0.4, 0.5) is 0 Å². The number of halogens is 1. The summed E-state index contributed by atoms with van der Waals surface area (Å²) in [5.41, 5.74) is 2.52. The largest absolute Gasteiger partial charge is 0.317 e. The SMILES string of the molecule is Cc1nc(-c2ccc(C3CCNCC3)cc2)n[nH]1.Cl. The highest BCUT2D eigenvalue weighted by Gasteiger charge is 2.15. The Kier molecular flexibility index (Phi) is 4.56. The number of H-pyrrole nitrogens is 1. The first-order chi connectivity index (χ1) is 8.83. The number of hydrogen-bond donors (Lipinski definition) is 2. The van der Waals surface area contributed by atoms with Gasteiger partial charge in [0.1, 0.15) is 5.82 Å². The number of benzene rings is 1. The van der Waals surface area contributed by atoms with Crippen LogP contribution in [0.5, 0.6) is 0 Å². The molecule has 1 aromatic heterocycles. The second kappa shape index (κ2) is 6.17. The van der Waals surface area contributed by atoms with Gasteiger partial charge < -0.3 is 5.32 Å². The Morgan fingerprint density at radius 1 is 1.11 bits per heavy atom. The quantitative estimate of drug-likeness (QED) is 0.888. The normalized spacial score (nSPS) is 16.1. The van der Waals surface area contributed by atoms with E-state index in [1.165, 1.54) is 18.4 Å². The maximum atomic E-state index is 4.35. The zero-order valence-electron chi connectivity index (χ0n) is 11.0. The second-order valence-electron chi connectivity index (χ2n) is 4.89. The number of aryl methyl sites for hydroxylation is 1. The molecule has 3 rings (SSSR count). The molecule has 0 saturated carbocycles. The molecule has 0 unspecified atom stereocenters. The molecule has 0 atom stereocenters. The third-order valence-electron chi connectivity index (χ3n) is 3.58. The van der Waals surface area contributed by atoms with Crippen LogP contribution in [0.3, 0.4) is 0 Å². The third kappa shape index (κ3) is 3.14. The molecule has 1 aromatic carbocycles. The van der Waals surface area contributed by atoms with Crippen molar-refractivity contribution in [3.63, 3.8) is 0 Å². The summed E-state index contributed by atoms with van der Waals surface area (Å²) in [7, 11) is 0.